The number of aryl methyl sites for hydroxylation is 1. The van der Waals surface area contributed by atoms with Crippen molar-refractivity contribution >= 4 is 12.9 Å². The molecule has 2 heterocycles. The molecule has 1 aliphatic heterocycles. The summed E-state index contributed by atoms with van der Waals surface area (Å²) in [4.78, 5) is 6.11. The van der Waals surface area contributed by atoms with Crippen molar-refractivity contribution in [1.82, 2.24) is 9.79 Å². The summed E-state index contributed by atoms with van der Waals surface area (Å²) in [5.74, 6) is -9.36. The highest BCUT2D eigenvalue weighted by Gasteiger charge is 2.39. The van der Waals surface area contributed by atoms with E-state index in [1.54, 1.807) is 11.0 Å². The van der Waals surface area contributed by atoms with Crippen LogP contribution >= 0.6 is 0 Å². The van der Waals surface area contributed by atoms with E-state index in [9.17, 15) is 22.0 Å². The average Bonchev–Trinajstić information content (AvgIpc) is 2.68. The molecule has 1 saturated heterocycles. The SMILES string of the molecule is Fc1c(F)c(F)c([B]N2CCCC3CCc4cccnc4C32)c(F)c1F. The summed E-state index contributed by atoms with van der Waals surface area (Å²) >= 11 is 0. The van der Waals surface area contributed by atoms with Gasteiger partial charge < -0.3 is 4.81 Å². The van der Waals surface area contributed by atoms with E-state index in [4.69, 9.17) is 0 Å². The molecule has 1 fully saturated rings. The van der Waals surface area contributed by atoms with Crippen molar-refractivity contribution < 1.29 is 22.0 Å². The topological polar surface area (TPSA) is 16.1 Å². The fraction of sp³-hybridized carbons (Fsp3) is 0.389. The maximum Gasteiger partial charge on any atom is 0.256 e. The molecule has 0 saturated carbocycles. The van der Waals surface area contributed by atoms with E-state index < -0.39 is 34.5 Å². The summed E-state index contributed by atoms with van der Waals surface area (Å²) in [6.45, 7) is 0.469. The molecule has 8 heteroatoms. The minimum atomic E-state index is -2.14. The molecule has 2 aromatic rings. The highest BCUT2D eigenvalue weighted by atomic mass is 19.2. The summed E-state index contributed by atoms with van der Waals surface area (Å²) in [5.41, 5.74) is 0.986. The monoisotopic (exact) mass is 365 g/mol. The highest BCUT2D eigenvalue weighted by Crippen LogP contribution is 2.42. The van der Waals surface area contributed by atoms with Gasteiger partial charge in [-0.15, -0.1) is 0 Å². The van der Waals surface area contributed by atoms with Gasteiger partial charge in [0.2, 0.25) is 0 Å². The highest BCUT2D eigenvalue weighted by molar-refractivity contribution is 6.51. The van der Waals surface area contributed by atoms with Crippen LogP contribution in [0.5, 0.6) is 0 Å². The number of benzene rings is 1. The maximum atomic E-state index is 14.1. The van der Waals surface area contributed by atoms with E-state index in [1.165, 1.54) is 0 Å². The summed E-state index contributed by atoms with van der Waals surface area (Å²) in [6, 6.07) is 3.58. The molecule has 0 spiro atoms. The van der Waals surface area contributed by atoms with Gasteiger partial charge in [-0.1, -0.05) is 6.07 Å². The Morgan fingerprint density at radius 1 is 0.962 bits per heavy atom. The smallest absolute Gasteiger partial charge is 0.256 e. The van der Waals surface area contributed by atoms with Gasteiger partial charge in [0.25, 0.3) is 7.41 Å². The lowest BCUT2D eigenvalue weighted by Crippen LogP contribution is -2.49. The largest absolute Gasteiger partial charge is 0.334 e. The number of halogens is 5. The number of nitrogens with zero attached hydrogens (tertiary/aromatic N) is 2. The van der Waals surface area contributed by atoms with Gasteiger partial charge in [0.05, 0.1) is 5.69 Å². The van der Waals surface area contributed by atoms with Crippen molar-refractivity contribution in [3.05, 3.63) is 58.7 Å². The minimum absolute atomic E-state index is 0.219. The number of hydrogen-bond donors (Lipinski definition) is 0. The van der Waals surface area contributed by atoms with Crippen LogP contribution in [0.3, 0.4) is 0 Å². The molecule has 0 amide bonds. The van der Waals surface area contributed by atoms with Gasteiger partial charge >= 0.3 is 0 Å². The molecule has 1 aromatic carbocycles. The lowest BCUT2D eigenvalue weighted by atomic mass is 9.69. The molecule has 4 rings (SSSR count). The number of fused-ring (bicyclic) bond motifs is 3. The third-order valence-electron chi connectivity index (χ3n) is 5.32. The molecule has 2 nitrogen and oxygen atoms in total. The van der Waals surface area contributed by atoms with E-state index in [0.717, 1.165) is 44.4 Å². The van der Waals surface area contributed by atoms with Gasteiger partial charge in [0, 0.05) is 17.7 Å². The summed E-state index contributed by atoms with van der Waals surface area (Å²) in [5, 5.41) is 0. The zero-order valence-electron chi connectivity index (χ0n) is 13.8. The predicted octanol–water partition coefficient (Wildman–Crippen LogP) is 3.42. The fourth-order valence-corrected chi connectivity index (χ4v) is 4.10. The van der Waals surface area contributed by atoms with Crippen LogP contribution in [0.4, 0.5) is 22.0 Å². The molecular formula is C18H15BF5N2. The van der Waals surface area contributed by atoms with Gasteiger partial charge in [-0.3, -0.25) is 4.98 Å². The van der Waals surface area contributed by atoms with Gasteiger partial charge in [0.1, 0.15) is 0 Å². The molecular weight excluding hydrogens is 350 g/mol. The third-order valence-corrected chi connectivity index (χ3v) is 5.32. The number of rotatable bonds is 2. The first-order chi connectivity index (χ1) is 12.5. The number of hydrogen-bond acceptors (Lipinski definition) is 2. The molecule has 26 heavy (non-hydrogen) atoms. The molecule has 2 atom stereocenters. The van der Waals surface area contributed by atoms with Gasteiger partial charge in [0.15, 0.2) is 29.1 Å². The molecule has 135 valence electrons. The van der Waals surface area contributed by atoms with Gasteiger partial charge in [-0.05, 0) is 49.8 Å². The van der Waals surface area contributed by atoms with Crippen LogP contribution in [-0.2, 0) is 6.42 Å². The van der Waals surface area contributed by atoms with Gasteiger partial charge in [-0.25, -0.2) is 22.0 Å². The summed E-state index contributed by atoms with van der Waals surface area (Å²) in [6.07, 6.45) is 5.18. The fourth-order valence-electron chi connectivity index (χ4n) is 4.10. The molecule has 2 unspecified atom stereocenters. The number of pyridine rings is 1. The molecule has 2 aliphatic rings. The number of piperidine rings is 1. The molecule has 0 N–H and O–H groups in total. The van der Waals surface area contributed by atoms with E-state index in [-0.39, 0.29) is 12.0 Å². The van der Waals surface area contributed by atoms with E-state index in [0.29, 0.717) is 6.54 Å². The lowest BCUT2D eigenvalue weighted by molar-refractivity contribution is 0.154. The van der Waals surface area contributed by atoms with Crippen LogP contribution in [0.15, 0.2) is 18.3 Å². The van der Waals surface area contributed by atoms with Crippen molar-refractivity contribution in [2.45, 2.75) is 31.7 Å². The van der Waals surface area contributed by atoms with E-state index in [2.05, 4.69) is 4.98 Å². The van der Waals surface area contributed by atoms with Crippen LogP contribution in [-0.4, -0.2) is 23.8 Å². The van der Waals surface area contributed by atoms with Crippen LogP contribution in [0.25, 0.3) is 0 Å². The normalized spacial score (nSPS) is 22.7. The zero-order valence-corrected chi connectivity index (χ0v) is 13.8. The molecule has 1 aliphatic carbocycles. The average molecular weight is 365 g/mol. The number of aromatic nitrogens is 1. The lowest BCUT2D eigenvalue weighted by Gasteiger charge is -2.44. The third kappa shape index (κ3) is 2.71. The van der Waals surface area contributed by atoms with Crippen molar-refractivity contribution in [1.29, 1.82) is 0 Å². The van der Waals surface area contributed by atoms with Crippen molar-refractivity contribution in [3.8, 4) is 0 Å². The Bertz CT molecular complexity index is 831. The van der Waals surface area contributed by atoms with E-state index >= 15 is 0 Å². The quantitative estimate of drug-likeness (QED) is 0.351. The molecule has 1 radical (unpaired) electrons. The van der Waals surface area contributed by atoms with Crippen LogP contribution < -0.4 is 5.46 Å². The Hall–Kier alpha value is -1.96. The predicted molar refractivity (Wildman–Crippen MR) is 86.3 cm³/mol. The summed E-state index contributed by atoms with van der Waals surface area (Å²) < 4.78 is 68.5. The maximum absolute atomic E-state index is 14.1. The first-order valence-electron chi connectivity index (χ1n) is 8.55. The zero-order chi connectivity index (χ0) is 18.4. The van der Waals surface area contributed by atoms with Crippen molar-refractivity contribution in [3.63, 3.8) is 0 Å². The Morgan fingerprint density at radius 3 is 2.38 bits per heavy atom. The second kappa shape index (κ2) is 6.65. The first kappa shape index (κ1) is 17.5. The van der Waals surface area contributed by atoms with Crippen molar-refractivity contribution in [2.75, 3.05) is 6.54 Å². The Balaban J connectivity index is 1.73. The van der Waals surface area contributed by atoms with Crippen LogP contribution in [0.2, 0.25) is 0 Å². The van der Waals surface area contributed by atoms with Crippen LogP contribution in [0, 0.1) is 35.0 Å². The van der Waals surface area contributed by atoms with Crippen molar-refractivity contribution in [2.24, 2.45) is 5.92 Å². The summed E-state index contributed by atoms with van der Waals surface area (Å²) in [7, 11) is 1.07. The molecule has 0 bridgehead atoms. The van der Waals surface area contributed by atoms with Gasteiger partial charge in [-0.2, -0.15) is 0 Å². The second-order valence-electron chi connectivity index (χ2n) is 6.78. The Morgan fingerprint density at radius 2 is 1.65 bits per heavy atom. The Kier molecular flexibility index (Phi) is 4.46. The first-order valence-corrected chi connectivity index (χ1v) is 8.55. The minimum Gasteiger partial charge on any atom is -0.334 e. The standard InChI is InChI=1S/C18H15BF5N2/c20-12-11(13(21)15(23)16(24)14(12)22)19-26-8-2-4-10-6-5-9-3-1-7-25-17(9)18(10)26/h1,3,7,10,18H,2,4-6,8H2. The molecule has 1 aromatic heterocycles. The van der Waals surface area contributed by atoms with Crippen LogP contribution in [0.1, 0.15) is 36.6 Å². The van der Waals surface area contributed by atoms with E-state index in [1.807, 2.05) is 12.1 Å². The Labute approximate surface area is 148 Å². The second-order valence-corrected chi connectivity index (χ2v) is 6.78.